The number of aliphatic carboxylic acids is 1. The highest BCUT2D eigenvalue weighted by molar-refractivity contribution is 7.83. The van der Waals surface area contributed by atoms with E-state index in [0.29, 0.717) is 23.7 Å². The predicted molar refractivity (Wildman–Crippen MR) is 150 cm³/mol. The summed E-state index contributed by atoms with van der Waals surface area (Å²) in [5.74, 6) is -0.381. The van der Waals surface area contributed by atoms with Crippen LogP contribution in [0, 0.1) is 20.8 Å². The van der Waals surface area contributed by atoms with Crippen molar-refractivity contribution < 1.29 is 18.9 Å². The normalized spacial score (nSPS) is 16.3. The average Bonchev–Trinajstić information content (AvgIpc) is 3.32. The summed E-state index contributed by atoms with van der Waals surface area (Å²) in [6.07, 6.45) is 5.71. The fourth-order valence-electron chi connectivity index (χ4n) is 5.55. The molecule has 3 N–H and O–H groups in total. The van der Waals surface area contributed by atoms with E-state index in [1.54, 1.807) is 0 Å². The SMILES string of the molecule is Cc1cc(C)c(S(=O)NC(CN2CCn3cc(CCc4ccc5c(n4)NCCC5)cc3C2=O)C(=O)O)c(C)c1. The third kappa shape index (κ3) is 5.91. The van der Waals surface area contributed by atoms with Crippen LogP contribution in [-0.4, -0.2) is 61.3 Å². The Kier molecular flexibility index (Phi) is 7.86. The zero-order chi connectivity index (χ0) is 27.7. The highest BCUT2D eigenvalue weighted by Crippen LogP contribution is 2.23. The summed E-state index contributed by atoms with van der Waals surface area (Å²) in [7, 11) is -1.73. The van der Waals surface area contributed by atoms with Crippen LogP contribution >= 0.6 is 0 Å². The molecule has 2 unspecified atom stereocenters. The van der Waals surface area contributed by atoms with E-state index in [2.05, 4.69) is 22.2 Å². The van der Waals surface area contributed by atoms with E-state index in [-0.39, 0.29) is 12.5 Å². The minimum absolute atomic E-state index is 0.0730. The van der Waals surface area contributed by atoms with Crippen LogP contribution < -0.4 is 10.0 Å². The summed E-state index contributed by atoms with van der Waals surface area (Å²) in [6, 6.07) is 8.81. The molecule has 0 spiro atoms. The molecular weight excluding hydrogens is 514 g/mol. The third-order valence-electron chi connectivity index (χ3n) is 7.43. The average molecular weight is 550 g/mol. The molecule has 0 saturated heterocycles. The maximum atomic E-state index is 13.3. The first-order valence-corrected chi connectivity index (χ1v) is 14.5. The number of carboxylic acids is 1. The number of nitrogens with one attached hydrogen (secondary N) is 2. The van der Waals surface area contributed by atoms with Crippen LogP contribution in [0.3, 0.4) is 0 Å². The highest BCUT2D eigenvalue weighted by atomic mass is 32.2. The number of pyridine rings is 1. The van der Waals surface area contributed by atoms with Gasteiger partial charge in [-0.3, -0.25) is 9.59 Å². The Hall–Kier alpha value is -3.50. The Bertz CT molecular complexity index is 1430. The van der Waals surface area contributed by atoms with Gasteiger partial charge < -0.3 is 19.9 Å². The first-order chi connectivity index (χ1) is 18.7. The van der Waals surface area contributed by atoms with Crippen LogP contribution in [0.2, 0.25) is 0 Å². The Balaban J connectivity index is 1.24. The number of rotatable bonds is 9. The van der Waals surface area contributed by atoms with Crippen LogP contribution in [-0.2, 0) is 41.6 Å². The van der Waals surface area contributed by atoms with Gasteiger partial charge in [-0.2, -0.15) is 0 Å². The van der Waals surface area contributed by atoms with Gasteiger partial charge in [0.15, 0.2) is 0 Å². The van der Waals surface area contributed by atoms with Gasteiger partial charge in [-0.15, -0.1) is 0 Å². The van der Waals surface area contributed by atoms with Crippen LogP contribution in [0.4, 0.5) is 5.82 Å². The summed E-state index contributed by atoms with van der Waals surface area (Å²) in [5.41, 5.74) is 6.60. The number of fused-ring (bicyclic) bond motifs is 2. The summed E-state index contributed by atoms with van der Waals surface area (Å²) < 4.78 is 17.8. The highest BCUT2D eigenvalue weighted by Gasteiger charge is 2.31. The van der Waals surface area contributed by atoms with Gasteiger partial charge in [0.2, 0.25) is 0 Å². The topological polar surface area (TPSA) is 117 Å². The molecule has 39 heavy (non-hydrogen) atoms. The summed E-state index contributed by atoms with van der Waals surface area (Å²) in [5, 5.41) is 13.2. The zero-order valence-corrected chi connectivity index (χ0v) is 23.4. The van der Waals surface area contributed by atoms with E-state index < -0.39 is 23.0 Å². The maximum Gasteiger partial charge on any atom is 0.323 e. The molecule has 0 bridgehead atoms. The van der Waals surface area contributed by atoms with Gasteiger partial charge in [-0.05, 0) is 80.8 Å². The molecule has 2 aliphatic heterocycles. The molecule has 4 heterocycles. The van der Waals surface area contributed by atoms with Crippen molar-refractivity contribution in [2.45, 2.75) is 63.9 Å². The van der Waals surface area contributed by atoms with Gasteiger partial charge >= 0.3 is 5.97 Å². The fourth-order valence-corrected chi connectivity index (χ4v) is 6.81. The number of anilines is 1. The number of benzene rings is 1. The van der Waals surface area contributed by atoms with Gasteiger partial charge in [-0.1, -0.05) is 23.8 Å². The van der Waals surface area contributed by atoms with Crippen molar-refractivity contribution in [1.29, 1.82) is 0 Å². The third-order valence-corrected chi connectivity index (χ3v) is 8.95. The van der Waals surface area contributed by atoms with Gasteiger partial charge in [0.1, 0.15) is 28.5 Å². The largest absolute Gasteiger partial charge is 0.480 e. The molecule has 1 aromatic carbocycles. The molecule has 0 fully saturated rings. The van der Waals surface area contributed by atoms with E-state index >= 15 is 0 Å². The molecule has 0 saturated carbocycles. The van der Waals surface area contributed by atoms with Crippen molar-refractivity contribution >= 4 is 28.7 Å². The lowest BCUT2D eigenvalue weighted by Crippen LogP contribution is -2.51. The first-order valence-electron chi connectivity index (χ1n) is 13.4. The summed E-state index contributed by atoms with van der Waals surface area (Å²) in [4.78, 5) is 32.3. The molecule has 1 amide bonds. The van der Waals surface area contributed by atoms with Gasteiger partial charge in [-0.25, -0.2) is 13.9 Å². The molecule has 0 aliphatic carbocycles. The number of carbonyl (C=O) groups is 2. The van der Waals surface area contributed by atoms with E-state index in [1.165, 1.54) is 10.5 Å². The van der Waals surface area contributed by atoms with Crippen molar-refractivity contribution in [2.75, 3.05) is 25.0 Å². The second-order valence-electron chi connectivity index (χ2n) is 10.5. The maximum absolute atomic E-state index is 13.3. The van der Waals surface area contributed by atoms with Crippen LogP contribution in [0.5, 0.6) is 0 Å². The van der Waals surface area contributed by atoms with Crippen LogP contribution in [0.1, 0.15) is 50.4 Å². The molecule has 0 radical (unpaired) electrons. The summed E-state index contributed by atoms with van der Waals surface area (Å²) in [6.45, 7) is 7.54. The minimum Gasteiger partial charge on any atom is -0.480 e. The lowest BCUT2D eigenvalue weighted by Gasteiger charge is -2.30. The van der Waals surface area contributed by atoms with E-state index in [0.717, 1.165) is 66.0 Å². The van der Waals surface area contributed by atoms with Crippen molar-refractivity contribution in [3.63, 3.8) is 0 Å². The number of carbonyl (C=O) groups excluding carboxylic acids is 1. The minimum atomic E-state index is -1.73. The van der Waals surface area contributed by atoms with Gasteiger partial charge in [0.25, 0.3) is 5.91 Å². The van der Waals surface area contributed by atoms with Gasteiger partial charge in [0.05, 0.1) is 4.90 Å². The van der Waals surface area contributed by atoms with E-state index in [4.69, 9.17) is 4.98 Å². The Morgan fingerprint density at radius 2 is 1.92 bits per heavy atom. The standard InChI is InChI=1S/C29H35N5O4S/c1-18-13-19(2)26(20(3)14-18)39(38)32-24(29(36)37)17-34-12-11-33-16-21(15-25(33)28(34)35)6-8-23-9-7-22-5-4-10-30-27(22)31-23/h7,9,13-16,24,32H,4-6,8,10-12,17H2,1-3H3,(H,30,31)(H,36,37). The molecule has 9 nitrogen and oxygen atoms in total. The Morgan fingerprint density at radius 1 is 1.15 bits per heavy atom. The smallest absolute Gasteiger partial charge is 0.323 e. The molecule has 2 aromatic heterocycles. The van der Waals surface area contributed by atoms with Crippen molar-refractivity contribution in [2.24, 2.45) is 0 Å². The molecule has 5 rings (SSSR count). The second-order valence-corrected chi connectivity index (χ2v) is 11.7. The molecule has 2 atom stereocenters. The fraction of sp³-hybridized carbons (Fsp3) is 0.414. The van der Waals surface area contributed by atoms with Crippen LogP contribution in [0.25, 0.3) is 0 Å². The first kappa shape index (κ1) is 27.1. The lowest BCUT2D eigenvalue weighted by atomic mass is 10.1. The molecular formula is C29H35N5O4S. The number of hydrogen-bond donors (Lipinski definition) is 3. The molecule has 10 heteroatoms. The zero-order valence-electron chi connectivity index (χ0n) is 22.6. The number of carboxylic acid groups (broad SMARTS) is 1. The Morgan fingerprint density at radius 3 is 2.67 bits per heavy atom. The van der Waals surface area contributed by atoms with Crippen molar-refractivity contribution in [3.05, 3.63) is 75.7 Å². The number of hydrogen-bond acceptors (Lipinski definition) is 5. The molecule has 2 aliphatic rings. The Labute approximate surface area is 231 Å². The van der Waals surface area contributed by atoms with E-state index in [9.17, 15) is 18.9 Å². The second kappa shape index (κ2) is 11.3. The summed E-state index contributed by atoms with van der Waals surface area (Å²) >= 11 is 0. The number of amides is 1. The lowest BCUT2D eigenvalue weighted by molar-refractivity contribution is -0.139. The van der Waals surface area contributed by atoms with Crippen molar-refractivity contribution in [1.82, 2.24) is 19.2 Å². The van der Waals surface area contributed by atoms with E-state index in [1.807, 2.05) is 49.7 Å². The van der Waals surface area contributed by atoms with Crippen molar-refractivity contribution in [3.8, 4) is 0 Å². The molecule has 206 valence electrons. The number of aromatic nitrogens is 2. The van der Waals surface area contributed by atoms with Crippen LogP contribution in [0.15, 0.2) is 41.4 Å². The predicted octanol–water partition coefficient (Wildman–Crippen LogP) is 3.17. The number of aryl methyl sites for hydroxylation is 6. The van der Waals surface area contributed by atoms with Gasteiger partial charge in [0, 0.05) is 38.1 Å². The quantitative estimate of drug-likeness (QED) is 0.378. The number of nitrogens with zero attached hydrogens (tertiary/aromatic N) is 3. The molecule has 3 aromatic rings. The monoisotopic (exact) mass is 549 g/mol.